The summed E-state index contributed by atoms with van der Waals surface area (Å²) < 4.78 is 14.3. The third kappa shape index (κ3) is 3.49. The standard InChI is InChI=1S/C16H26FN3/c1-12(2)18-10-13-6-5-7-15(17)16(13)20-9-8-14(11-20)19(3)4/h5-7,12,14,18H,8-11H2,1-4H3. The molecule has 1 fully saturated rings. The highest BCUT2D eigenvalue weighted by Gasteiger charge is 2.27. The molecule has 1 aliphatic rings. The molecule has 0 amide bonds. The van der Waals surface area contributed by atoms with Gasteiger partial charge in [0.25, 0.3) is 0 Å². The van der Waals surface area contributed by atoms with Gasteiger partial charge in [0.1, 0.15) is 5.82 Å². The van der Waals surface area contributed by atoms with Gasteiger partial charge in [-0.3, -0.25) is 0 Å². The average Bonchev–Trinajstić information content (AvgIpc) is 2.85. The number of likely N-dealkylation sites (N-methyl/N-ethyl adjacent to an activating group) is 1. The van der Waals surface area contributed by atoms with Crippen molar-refractivity contribution in [2.24, 2.45) is 0 Å². The van der Waals surface area contributed by atoms with Crippen LogP contribution in [0.5, 0.6) is 0 Å². The minimum absolute atomic E-state index is 0.104. The first-order valence-corrected chi connectivity index (χ1v) is 7.41. The van der Waals surface area contributed by atoms with E-state index in [0.29, 0.717) is 18.6 Å². The Hall–Kier alpha value is -1.13. The molecule has 0 aliphatic carbocycles. The zero-order valence-electron chi connectivity index (χ0n) is 13.0. The molecule has 0 bridgehead atoms. The fourth-order valence-corrected chi connectivity index (χ4v) is 2.74. The summed E-state index contributed by atoms with van der Waals surface area (Å²) in [6.07, 6.45) is 1.10. The lowest BCUT2D eigenvalue weighted by Crippen LogP contribution is -2.32. The highest BCUT2D eigenvalue weighted by atomic mass is 19.1. The Morgan fingerprint density at radius 2 is 2.15 bits per heavy atom. The van der Waals surface area contributed by atoms with Crippen molar-refractivity contribution in [1.82, 2.24) is 10.2 Å². The fourth-order valence-electron chi connectivity index (χ4n) is 2.74. The van der Waals surface area contributed by atoms with E-state index in [1.807, 2.05) is 6.07 Å². The van der Waals surface area contributed by atoms with Gasteiger partial charge in [0, 0.05) is 31.7 Å². The van der Waals surface area contributed by atoms with Crippen molar-refractivity contribution in [1.29, 1.82) is 0 Å². The Morgan fingerprint density at radius 1 is 1.40 bits per heavy atom. The maximum absolute atomic E-state index is 14.3. The third-order valence-electron chi connectivity index (χ3n) is 3.98. The second-order valence-corrected chi connectivity index (χ2v) is 6.14. The molecule has 0 aromatic heterocycles. The van der Waals surface area contributed by atoms with Crippen molar-refractivity contribution in [3.8, 4) is 0 Å². The molecular weight excluding hydrogens is 253 g/mol. The predicted molar refractivity (Wildman–Crippen MR) is 82.7 cm³/mol. The van der Waals surface area contributed by atoms with Crippen molar-refractivity contribution >= 4 is 5.69 Å². The quantitative estimate of drug-likeness (QED) is 0.893. The van der Waals surface area contributed by atoms with Gasteiger partial charge in [-0.15, -0.1) is 0 Å². The van der Waals surface area contributed by atoms with E-state index < -0.39 is 0 Å². The van der Waals surface area contributed by atoms with Crippen molar-refractivity contribution in [2.45, 2.75) is 38.9 Å². The second-order valence-electron chi connectivity index (χ2n) is 6.14. The largest absolute Gasteiger partial charge is 0.367 e. The maximum atomic E-state index is 14.3. The van der Waals surface area contributed by atoms with Crippen LogP contribution in [0.2, 0.25) is 0 Å². The number of rotatable bonds is 5. The van der Waals surface area contributed by atoms with Crippen molar-refractivity contribution in [3.05, 3.63) is 29.6 Å². The first-order chi connectivity index (χ1) is 9.49. The van der Waals surface area contributed by atoms with Crippen LogP contribution in [0.25, 0.3) is 0 Å². The zero-order chi connectivity index (χ0) is 14.7. The van der Waals surface area contributed by atoms with Gasteiger partial charge in [0.05, 0.1) is 5.69 Å². The molecule has 1 aromatic carbocycles. The number of para-hydroxylation sites is 1. The van der Waals surface area contributed by atoms with Crippen LogP contribution in [0, 0.1) is 5.82 Å². The molecule has 1 unspecified atom stereocenters. The SMILES string of the molecule is CC(C)NCc1cccc(F)c1N1CCC(N(C)C)C1. The van der Waals surface area contributed by atoms with Gasteiger partial charge >= 0.3 is 0 Å². The van der Waals surface area contributed by atoms with Gasteiger partial charge < -0.3 is 15.1 Å². The van der Waals surface area contributed by atoms with Crippen LogP contribution >= 0.6 is 0 Å². The molecule has 0 saturated carbocycles. The van der Waals surface area contributed by atoms with Gasteiger partial charge in [-0.2, -0.15) is 0 Å². The molecule has 2 rings (SSSR count). The first kappa shape index (κ1) is 15.3. The molecule has 0 radical (unpaired) electrons. The Morgan fingerprint density at radius 3 is 2.75 bits per heavy atom. The highest BCUT2D eigenvalue weighted by molar-refractivity contribution is 5.56. The first-order valence-electron chi connectivity index (χ1n) is 7.41. The summed E-state index contributed by atoms with van der Waals surface area (Å²) in [6.45, 7) is 6.77. The Balaban J connectivity index is 2.18. The van der Waals surface area contributed by atoms with Crippen LogP contribution in [0.3, 0.4) is 0 Å². The molecule has 1 aliphatic heterocycles. The smallest absolute Gasteiger partial charge is 0.146 e. The summed E-state index contributed by atoms with van der Waals surface area (Å²) in [5.74, 6) is -0.104. The maximum Gasteiger partial charge on any atom is 0.146 e. The summed E-state index contributed by atoms with van der Waals surface area (Å²) in [4.78, 5) is 4.42. The molecule has 112 valence electrons. The minimum atomic E-state index is -0.104. The molecule has 1 saturated heterocycles. The molecule has 1 aromatic rings. The van der Waals surface area contributed by atoms with Crippen LogP contribution in [0.4, 0.5) is 10.1 Å². The van der Waals surface area contributed by atoms with Crippen LogP contribution in [-0.4, -0.2) is 44.2 Å². The van der Waals surface area contributed by atoms with E-state index in [9.17, 15) is 4.39 Å². The van der Waals surface area contributed by atoms with E-state index in [1.165, 1.54) is 0 Å². The summed E-state index contributed by atoms with van der Waals surface area (Å²) in [6, 6.07) is 6.31. The molecule has 4 heteroatoms. The molecule has 3 nitrogen and oxygen atoms in total. The van der Waals surface area contributed by atoms with E-state index in [0.717, 1.165) is 30.8 Å². The number of nitrogens with zero attached hydrogens (tertiary/aromatic N) is 2. The van der Waals surface area contributed by atoms with Gasteiger partial charge in [-0.05, 0) is 32.1 Å². The Bertz CT molecular complexity index is 445. The Kier molecular flexibility index (Phi) is 5.00. The fraction of sp³-hybridized carbons (Fsp3) is 0.625. The van der Waals surface area contributed by atoms with Crippen LogP contribution in [-0.2, 0) is 6.54 Å². The van der Waals surface area contributed by atoms with Crippen molar-refractivity contribution < 1.29 is 4.39 Å². The lowest BCUT2D eigenvalue weighted by Gasteiger charge is -2.25. The third-order valence-corrected chi connectivity index (χ3v) is 3.98. The number of nitrogens with one attached hydrogen (secondary N) is 1. The summed E-state index contributed by atoms with van der Waals surface area (Å²) in [5, 5.41) is 3.38. The molecule has 20 heavy (non-hydrogen) atoms. The summed E-state index contributed by atoms with van der Waals surface area (Å²) >= 11 is 0. The second kappa shape index (κ2) is 6.55. The lowest BCUT2D eigenvalue weighted by molar-refractivity contribution is 0.315. The van der Waals surface area contributed by atoms with Crippen molar-refractivity contribution in [3.63, 3.8) is 0 Å². The van der Waals surface area contributed by atoms with Gasteiger partial charge in [0.15, 0.2) is 0 Å². The molecule has 0 spiro atoms. The number of anilines is 1. The highest BCUT2D eigenvalue weighted by Crippen LogP contribution is 2.29. The average molecular weight is 279 g/mol. The molecule has 1 heterocycles. The van der Waals surface area contributed by atoms with E-state index in [4.69, 9.17) is 0 Å². The van der Waals surface area contributed by atoms with E-state index >= 15 is 0 Å². The number of hydrogen-bond donors (Lipinski definition) is 1. The van der Waals surface area contributed by atoms with Gasteiger partial charge in [0.2, 0.25) is 0 Å². The number of benzene rings is 1. The van der Waals surface area contributed by atoms with Gasteiger partial charge in [-0.25, -0.2) is 4.39 Å². The zero-order valence-corrected chi connectivity index (χ0v) is 13.0. The summed E-state index contributed by atoms with van der Waals surface area (Å²) in [7, 11) is 4.19. The van der Waals surface area contributed by atoms with E-state index in [-0.39, 0.29) is 5.82 Å². The number of hydrogen-bond acceptors (Lipinski definition) is 3. The molecular formula is C16H26FN3. The van der Waals surface area contributed by atoms with E-state index in [2.05, 4.69) is 43.1 Å². The number of halogens is 1. The van der Waals surface area contributed by atoms with Gasteiger partial charge in [-0.1, -0.05) is 26.0 Å². The van der Waals surface area contributed by atoms with Crippen molar-refractivity contribution in [2.75, 3.05) is 32.1 Å². The van der Waals surface area contributed by atoms with Crippen LogP contribution in [0.1, 0.15) is 25.8 Å². The topological polar surface area (TPSA) is 18.5 Å². The Labute approximate surface area is 121 Å². The van der Waals surface area contributed by atoms with E-state index in [1.54, 1.807) is 12.1 Å². The predicted octanol–water partition coefficient (Wildman–Crippen LogP) is 2.46. The minimum Gasteiger partial charge on any atom is -0.367 e. The molecule has 1 atom stereocenters. The normalized spacial score (nSPS) is 19.4. The summed E-state index contributed by atoms with van der Waals surface area (Å²) in [5.41, 5.74) is 1.84. The van der Waals surface area contributed by atoms with Crippen LogP contribution in [0.15, 0.2) is 18.2 Å². The lowest BCUT2D eigenvalue weighted by atomic mass is 10.1. The van der Waals surface area contributed by atoms with Crippen LogP contribution < -0.4 is 10.2 Å². The monoisotopic (exact) mass is 279 g/mol. The molecule has 1 N–H and O–H groups in total.